The van der Waals surface area contributed by atoms with E-state index in [4.69, 9.17) is 23.2 Å². The van der Waals surface area contributed by atoms with Crippen LogP contribution >= 0.6 is 35.0 Å². The van der Waals surface area contributed by atoms with Gasteiger partial charge in [0.1, 0.15) is 6.04 Å². The summed E-state index contributed by atoms with van der Waals surface area (Å²) in [5, 5.41) is 3.73. The molecule has 2 aromatic carbocycles. The Morgan fingerprint density at radius 1 is 1.07 bits per heavy atom. The normalized spacial score (nSPS) is 11.7. The van der Waals surface area contributed by atoms with E-state index in [1.165, 1.54) is 0 Å². The second-order valence-corrected chi connectivity index (χ2v) is 8.19. The molecule has 1 atom stereocenters. The molecular formula is C21H24Cl2N2O2S. The number of hydrogen-bond acceptors (Lipinski definition) is 3. The van der Waals surface area contributed by atoms with Crippen LogP contribution in [0.15, 0.2) is 53.4 Å². The molecular weight excluding hydrogens is 415 g/mol. The molecule has 2 amide bonds. The minimum atomic E-state index is -0.624. The molecule has 0 saturated heterocycles. The quantitative estimate of drug-likeness (QED) is 0.558. The number of carbonyl (C=O) groups is 2. The van der Waals surface area contributed by atoms with Gasteiger partial charge in [-0.15, -0.1) is 11.8 Å². The van der Waals surface area contributed by atoms with E-state index in [1.54, 1.807) is 41.8 Å². The number of halogens is 2. The number of nitrogens with one attached hydrogen (secondary N) is 1. The molecule has 7 heteroatoms. The lowest BCUT2D eigenvalue weighted by molar-refractivity contribution is -0.140. The van der Waals surface area contributed by atoms with Gasteiger partial charge in [-0.2, -0.15) is 0 Å². The minimum absolute atomic E-state index is 0.113. The number of rotatable bonds is 9. The molecule has 0 saturated carbocycles. The maximum atomic E-state index is 13.0. The predicted octanol–water partition coefficient (Wildman–Crippen LogP) is 5.03. The van der Waals surface area contributed by atoms with Crippen molar-refractivity contribution in [1.82, 2.24) is 10.2 Å². The van der Waals surface area contributed by atoms with E-state index < -0.39 is 6.04 Å². The second-order valence-electron chi connectivity index (χ2n) is 6.20. The lowest BCUT2D eigenvalue weighted by Crippen LogP contribution is -2.47. The smallest absolute Gasteiger partial charge is 0.242 e. The highest BCUT2D eigenvalue weighted by atomic mass is 35.5. The van der Waals surface area contributed by atoms with Gasteiger partial charge in [0.2, 0.25) is 11.8 Å². The highest BCUT2D eigenvalue weighted by Crippen LogP contribution is 2.27. The van der Waals surface area contributed by atoms with Gasteiger partial charge in [-0.1, -0.05) is 47.5 Å². The van der Waals surface area contributed by atoms with E-state index in [0.29, 0.717) is 34.3 Å². The number of nitrogens with zero attached hydrogens (tertiary/aromatic N) is 1. The maximum Gasteiger partial charge on any atom is 0.242 e. The summed E-state index contributed by atoms with van der Waals surface area (Å²) in [6.07, 6.45) is 0.311. The minimum Gasteiger partial charge on any atom is -0.355 e. The van der Waals surface area contributed by atoms with Crippen molar-refractivity contribution in [3.05, 3.63) is 64.1 Å². The topological polar surface area (TPSA) is 49.4 Å². The summed E-state index contributed by atoms with van der Waals surface area (Å²) in [7, 11) is 0. The fourth-order valence-electron chi connectivity index (χ4n) is 2.67. The molecule has 0 fully saturated rings. The number of amides is 2. The fourth-order valence-corrected chi connectivity index (χ4v) is 4.05. The van der Waals surface area contributed by atoms with E-state index in [0.717, 1.165) is 4.90 Å². The maximum absolute atomic E-state index is 13.0. The standard InChI is InChI=1S/C21H24Cl2N2O2S/c1-3-24-21(27)15(2)25(14-17-18(22)10-7-11-19(17)23)20(26)12-13-28-16-8-5-4-6-9-16/h4-11,15H,3,12-14H2,1-2H3,(H,24,27)/t15-/m0/s1. The zero-order chi connectivity index (χ0) is 20.5. The van der Waals surface area contributed by atoms with E-state index in [-0.39, 0.29) is 18.4 Å². The Balaban J connectivity index is 2.12. The van der Waals surface area contributed by atoms with Crippen LogP contribution in [0.4, 0.5) is 0 Å². The van der Waals surface area contributed by atoms with Gasteiger partial charge in [0, 0.05) is 45.8 Å². The molecule has 0 spiro atoms. The molecule has 0 radical (unpaired) electrons. The van der Waals surface area contributed by atoms with Crippen molar-refractivity contribution in [1.29, 1.82) is 0 Å². The third-order valence-corrected chi connectivity index (χ3v) is 5.96. The average molecular weight is 439 g/mol. The van der Waals surface area contributed by atoms with Gasteiger partial charge in [-0.3, -0.25) is 9.59 Å². The first-order chi connectivity index (χ1) is 13.4. The monoisotopic (exact) mass is 438 g/mol. The van der Waals surface area contributed by atoms with E-state index in [2.05, 4.69) is 5.32 Å². The van der Waals surface area contributed by atoms with Crippen LogP contribution < -0.4 is 5.32 Å². The molecule has 28 heavy (non-hydrogen) atoms. The van der Waals surface area contributed by atoms with Gasteiger partial charge in [0.25, 0.3) is 0 Å². The summed E-state index contributed by atoms with van der Waals surface area (Å²) in [6, 6.07) is 14.5. The van der Waals surface area contributed by atoms with Gasteiger partial charge in [-0.05, 0) is 38.1 Å². The molecule has 1 N–H and O–H groups in total. The van der Waals surface area contributed by atoms with Crippen molar-refractivity contribution in [3.63, 3.8) is 0 Å². The van der Waals surface area contributed by atoms with Crippen LogP contribution in [0.2, 0.25) is 10.0 Å². The molecule has 2 aromatic rings. The first kappa shape index (κ1) is 22.6. The molecule has 0 unspecified atom stereocenters. The van der Waals surface area contributed by atoms with Crippen LogP contribution in [-0.4, -0.2) is 35.1 Å². The number of hydrogen-bond donors (Lipinski definition) is 1. The number of carbonyl (C=O) groups excluding carboxylic acids is 2. The van der Waals surface area contributed by atoms with Gasteiger partial charge < -0.3 is 10.2 Å². The van der Waals surface area contributed by atoms with Crippen molar-refractivity contribution in [3.8, 4) is 0 Å². The molecule has 150 valence electrons. The van der Waals surface area contributed by atoms with Crippen LogP contribution in [0.5, 0.6) is 0 Å². The molecule has 0 bridgehead atoms. The van der Waals surface area contributed by atoms with Gasteiger partial charge in [-0.25, -0.2) is 0 Å². The van der Waals surface area contributed by atoms with Crippen molar-refractivity contribution < 1.29 is 9.59 Å². The van der Waals surface area contributed by atoms with Crippen LogP contribution in [-0.2, 0) is 16.1 Å². The van der Waals surface area contributed by atoms with Crippen molar-refractivity contribution in [2.45, 2.75) is 37.8 Å². The molecule has 0 aliphatic heterocycles. The average Bonchev–Trinajstić information content (AvgIpc) is 2.68. The fraction of sp³-hybridized carbons (Fsp3) is 0.333. The van der Waals surface area contributed by atoms with Crippen molar-refractivity contribution in [2.75, 3.05) is 12.3 Å². The Morgan fingerprint density at radius 3 is 2.32 bits per heavy atom. The first-order valence-corrected chi connectivity index (χ1v) is 10.9. The van der Waals surface area contributed by atoms with E-state index >= 15 is 0 Å². The number of thioether (sulfide) groups is 1. The molecule has 2 rings (SSSR count). The predicted molar refractivity (Wildman–Crippen MR) is 117 cm³/mol. The third-order valence-electron chi connectivity index (χ3n) is 4.24. The molecule has 0 aliphatic carbocycles. The summed E-state index contributed by atoms with van der Waals surface area (Å²) < 4.78 is 0. The van der Waals surface area contributed by atoms with Crippen LogP contribution in [0.25, 0.3) is 0 Å². The van der Waals surface area contributed by atoms with Gasteiger partial charge in [0.05, 0.1) is 0 Å². The molecule has 0 heterocycles. The zero-order valence-electron chi connectivity index (χ0n) is 16.0. The lowest BCUT2D eigenvalue weighted by atomic mass is 10.1. The summed E-state index contributed by atoms with van der Waals surface area (Å²) in [6.45, 7) is 4.25. The van der Waals surface area contributed by atoms with Gasteiger partial charge >= 0.3 is 0 Å². The largest absolute Gasteiger partial charge is 0.355 e. The Kier molecular flexibility index (Phi) is 9.16. The Labute approximate surface area is 180 Å². The second kappa shape index (κ2) is 11.3. The summed E-state index contributed by atoms with van der Waals surface area (Å²) >= 11 is 14.2. The van der Waals surface area contributed by atoms with Crippen molar-refractivity contribution >= 4 is 46.8 Å². The first-order valence-electron chi connectivity index (χ1n) is 9.12. The van der Waals surface area contributed by atoms with Crippen LogP contribution in [0.1, 0.15) is 25.8 Å². The number of benzene rings is 2. The van der Waals surface area contributed by atoms with Crippen LogP contribution in [0.3, 0.4) is 0 Å². The Hall–Kier alpha value is -1.69. The van der Waals surface area contributed by atoms with Gasteiger partial charge in [0.15, 0.2) is 0 Å². The molecule has 0 aromatic heterocycles. The SMILES string of the molecule is CCNC(=O)[C@H](C)N(Cc1c(Cl)cccc1Cl)C(=O)CCSc1ccccc1. The third kappa shape index (κ3) is 6.43. The van der Waals surface area contributed by atoms with Crippen molar-refractivity contribution in [2.24, 2.45) is 0 Å². The number of likely N-dealkylation sites (N-methyl/N-ethyl adjacent to an activating group) is 1. The highest BCUT2D eigenvalue weighted by Gasteiger charge is 2.26. The zero-order valence-corrected chi connectivity index (χ0v) is 18.3. The summed E-state index contributed by atoms with van der Waals surface area (Å²) in [4.78, 5) is 28.0. The highest BCUT2D eigenvalue weighted by molar-refractivity contribution is 7.99. The molecule has 0 aliphatic rings. The lowest BCUT2D eigenvalue weighted by Gasteiger charge is -2.29. The Bertz CT molecular complexity index is 782. The molecule has 4 nitrogen and oxygen atoms in total. The summed E-state index contributed by atoms with van der Waals surface area (Å²) in [5.41, 5.74) is 0.644. The summed E-state index contributed by atoms with van der Waals surface area (Å²) in [5.74, 6) is 0.311. The van der Waals surface area contributed by atoms with E-state index in [1.807, 2.05) is 37.3 Å². The Morgan fingerprint density at radius 2 is 1.71 bits per heavy atom. The van der Waals surface area contributed by atoms with Crippen LogP contribution in [0, 0.1) is 0 Å². The van der Waals surface area contributed by atoms with E-state index in [9.17, 15) is 9.59 Å².